The Morgan fingerprint density at radius 3 is 2.57 bits per heavy atom. The Labute approximate surface area is 126 Å². The van der Waals surface area contributed by atoms with Crippen molar-refractivity contribution in [3.05, 3.63) is 62.3 Å². The Hall–Kier alpha value is -2.14. The molecule has 6 heteroatoms. The quantitative estimate of drug-likeness (QED) is 0.888. The molecule has 0 radical (unpaired) electrons. The number of carbonyl (C=O) groups is 1. The van der Waals surface area contributed by atoms with Gasteiger partial charge in [0.05, 0.1) is 0 Å². The molecule has 1 aromatic heterocycles. The Morgan fingerprint density at radius 2 is 2.00 bits per heavy atom. The topological polar surface area (TPSA) is 83.0 Å². The van der Waals surface area contributed by atoms with Crippen molar-refractivity contribution >= 4 is 17.6 Å². The van der Waals surface area contributed by atoms with E-state index in [9.17, 15) is 9.59 Å². The highest BCUT2D eigenvalue weighted by atomic mass is 35.5. The third-order valence-corrected chi connectivity index (χ3v) is 3.40. The summed E-state index contributed by atoms with van der Waals surface area (Å²) in [4.78, 5) is 29.7. The number of carboxylic acids is 1. The van der Waals surface area contributed by atoms with Crippen molar-refractivity contribution in [3.63, 3.8) is 0 Å². The Balaban J connectivity index is 2.21. The van der Waals surface area contributed by atoms with Crippen LogP contribution in [0.1, 0.15) is 29.1 Å². The number of halogens is 1. The van der Waals surface area contributed by atoms with Gasteiger partial charge < -0.3 is 10.1 Å². The number of nitrogens with zero attached hydrogens (tertiary/aromatic N) is 1. The molecule has 0 aliphatic rings. The number of rotatable bonds is 5. The van der Waals surface area contributed by atoms with Crippen molar-refractivity contribution < 1.29 is 9.90 Å². The maximum absolute atomic E-state index is 12.0. The molecule has 0 atom stereocenters. The summed E-state index contributed by atoms with van der Waals surface area (Å²) in [5.74, 6) is -0.377. The highest BCUT2D eigenvalue weighted by molar-refractivity contribution is 6.30. The molecule has 0 aliphatic heterocycles. The van der Waals surface area contributed by atoms with E-state index in [1.807, 2.05) is 12.1 Å². The summed E-state index contributed by atoms with van der Waals surface area (Å²) in [6.45, 7) is 1.72. The Bertz CT molecular complexity index is 708. The molecule has 21 heavy (non-hydrogen) atoms. The Kier molecular flexibility index (Phi) is 4.75. The highest BCUT2D eigenvalue weighted by Crippen LogP contribution is 2.12. The molecule has 2 aromatic rings. The smallest absolute Gasteiger partial charge is 0.303 e. The second-order valence-electron chi connectivity index (χ2n) is 4.77. The average Bonchev–Trinajstić information content (AvgIpc) is 2.40. The van der Waals surface area contributed by atoms with E-state index in [-0.39, 0.29) is 18.4 Å². The van der Waals surface area contributed by atoms with Gasteiger partial charge in [0.1, 0.15) is 5.82 Å². The number of aromatic nitrogens is 2. The van der Waals surface area contributed by atoms with Gasteiger partial charge in [0.15, 0.2) is 0 Å². The number of benzene rings is 1. The molecule has 110 valence electrons. The fraction of sp³-hybridized carbons (Fsp3) is 0.267. The summed E-state index contributed by atoms with van der Waals surface area (Å²) < 4.78 is 0. The maximum Gasteiger partial charge on any atom is 0.303 e. The number of hydrogen-bond donors (Lipinski definition) is 2. The van der Waals surface area contributed by atoms with Crippen LogP contribution in [0.3, 0.4) is 0 Å². The van der Waals surface area contributed by atoms with Gasteiger partial charge in [-0.2, -0.15) is 0 Å². The first kappa shape index (κ1) is 15.3. The molecular weight excluding hydrogens is 292 g/mol. The van der Waals surface area contributed by atoms with Crippen LogP contribution in [0, 0.1) is 6.92 Å². The monoisotopic (exact) mass is 306 g/mol. The lowest BCUT2D eigenvalue weighted by Crippen LogP contribution is -2.20. The van der Waals surface area contributed by atoms with Crippen LogP contribution >= 0.6 is 11.6 Å². The molecule has 0 amide bonds. The van der Waals surface area contributed by atoms with Gasteiger partial charge in [-0.15, -0.1) is 0 Å². The lowest BCUT2D eigenvalue weighted by molar-refractivity contribution is -0.136. The molecule has 0 aliphatic carbocycles. The summed E-state index contributed by atoms with van der Waals surface area (Å²) in [5.41, 5.74) is 1.72. The summed E-state index contributed by atoms with van der Waals surface area (Å²) in [5, 5.41) is 9.34. The Morgan fingerprint density at radius 1 is 1.33 bits per heavy atom. The standard InChI is InChI=1S/C15H15ClN2O3/c1-9-12(6-7-14(19)20)15(21)18-13(17-9)8-10-2-4-11(16)5-3-10/h2-5H,6-8H2,1H3,(H,19,20)(H,17,18,21). The van der Waals surface area contributed by atoms with Crippen molar-refractivity contribution in [2.45, 2.75) is 26.2 Å². The van der Waals surface area contributed by atoms with Crippen LogP contribution in [0.15, 0.2) is 29.1 Å². The second kappa shape index (κ2) is 6.54. The fourth-order valence-electron chi connectivity index (χ4n) is 2.07. The van der Waals surface area contributed by atoms with Crippen molar-refractivity contribution in [3.8, 4) is 0 Å². The molecule has 0 saturated carbocycles. The van der Waals surface area contributed by atoms with Gasteiger partial charge in [0.2, 0.25) is 0 Å². The zero-order valence-corrected chi connectivity index (χ0v) is 12.3. The third-order valence-electron chi connectivity index (χ3n) is 3.15. The molecular formula is C15H15ClN2O3. The number of nitrogens with one attached hydrogen (secondary N) is 1. The van der Waals surface area contributed by atoms with Crippen LogP contribution < -0.4 is 5.56 Å². The normalized spacial score (nSPS) is 10.6. The molecule has 5 nitrogen and oxygen atoms in total. The second-order valence-corrected chi connectivity index (χ2v) is 5.21. The van der Waals surface area contributed by atoms with Crippen molar-refractivity contribution in [2.75, 3.05) is 0 Å². The fourth-order valence-corrected chi connectivity index (χ4v) is 2.20. The number of aromatic amines is 1. The van der Waals surface area contributed by atoms with E-state index < -0.39 is 5.97 Å². The van der Waals surface area contributed by atoms with Crippen LogP contribution in [0.5, 0.6) is 0 Å². The van der Waals surface area contributed by atoms with Crippen LogP contribution in [0.25, 0.3) is 0 Å². The molecule has 1 aromatic carbocycles. The number of hydrogen-bond acceptors (Lipinski definition) is 3. The van der Waals surface area contributed by atoms with Gasteiger partial charge in [-0.1, -0.05) is 23.7 Å². The van der Waals surface area contributed by atoms with E-state index in [0.29, 0.717) is 28.5 Å². The first-order valence-corrected chi connectivity index (χ1v) is 6.88. The van der Waals surface area contributed by atoms with E-state index in [0.717, 1.165) is 5.56 Å². The summed E-state index contributed by atoms with van der Waals surface area (Å²) in [7, 11) is 0. The molecule has 0 fully saturated rings. The maximum atomic E-state index is 12.0. The summed E-state index contributed by atoms with van der Waals surface area (Å²) in [6.07, 6.45) is 0.597. The number of aliphatic carboxylic acids is 1. The minimum absolute atomic E-state index is 0.0812. The van der Waals surface area contributed by atoms with E-state index in [2.05, 4.69) is 9.97 Å². The van der Waals surface area contributed by atoms with Gasteiger partial charge in [-0.25, -0.2) is 4.98 Å². The first-order valence-electron chi connectivity index (χ1n) is 6.50. The average molecular weight is 307 g/mol. The SMILES string of the molecule is Cc1nc(Cc2ccc(Cl)cc2)[nH]c(=O)c1CCC(=O)O. The van der Waals surface area contributed by atoms with Crippen LogP contribution in [0.4, 0.5) is 0 Å². The van der Waals surface area contributed by atoms with E-state index in [1.165, 1.54) is 0 Å². The molecule has 0 saturated heterocycles. The minimum Gasteiger partial charge on any atom is -0.481 e. The lowest BCUT2D eigenvalue weighted by Gasteiger charge is -2.07. The zero-order valence-electron chi connectivity index (χ0n) is 11.5. The van der Waals surface area contributed by atoms with E-state index >= 15 is 0 Å². The van der Waals surface area contributed by atoms with E-state index in [1.54, 1.807) is 19.1 Å². The molecule has 1 heterocycles. The lowest BCUT2D eigenvalue weighted by atomic mass is 10.1. The molecule has 2 N–H and O–H groups in total. The van der Waals surface area contributed by atoms with Gasteiger partial charge in [-0.05, 0) is 31.0 Å². The van der Waals surface area contributed by atoms with Crippen molar-refractivity contribution in [2.24, 2.45) is 0 Å². The molecule has 0 bridgehead atoms. The largest absolute Gasteiger partial charge is 0.481 e. The van der Waals surface area contributed by atoms with Crippen LogP contribution in [0.2, 0.25) is 5.02 Å². The minimum atomic E-state index is -0.931. The summed E-state index contributed by atoms with van der Waals surface area (Å²) >= 11 is 5.82. The zero-order chi connectivity index (χ0) is 15.4. The number of carboxylic acid groups (broad SMARTS) is 1. The van der Waals surface area contributed by atoms with Crippen molar-refractivity contribution in [1.82, 2.24) is 9.97 Å². The molecule has 0 spiro atoms. The van der Waals surface area contributed by atoms with Gasteiger partial charge in [0, 0.05) is 29.1 Å². The highest BCUT2D eigenvalue weighted by Gasteiger charge is 2.10. The van der Waals surface area contributed by atoms with Gasteiger partial charge in [-0.3, -0.25) is 9.59 Å². The molecule has 0 unspecified atom stereocenters. The number of aryl methyl sites for hydroxylation is 1. The van der Waals surface area contributed by atoms with Crippen LogP contribution in [-0.2, 0) is 17.6 Å². The van der Waals surface area contributed by atoms with Crippen molar-refractivity contribution in [1.29, 1.82) is 0 Å². The number of H-pyrrole nitrogens is 1. The predicted octanol–water partition coefficient (Wildman–Crippen LogP) is 2.34. The third kappa shape index (κ3) is 4.16. The van der Waals surface area contributed by atoms with Gasteiger partial charge in [0.25, 0.3) is 5.56 Å². The van der Waals surface area contributed by atoms with Gasteiger partial charge >= 0.3 is 5.97 Å². The first-order chi connectivity index (χ1) is 9.95. The summed E-state index contributed by atoms with van der Waals surface area (Å²) in [6, 6.07) is 7.30. The van der Waals surface area contributed by atoms with Crippen LogP contribution in [-0.4, -0.2) is 21.0 Å². The molecule has 2 rings (SSSR count). The van der Waals surface area contributed by atoms with E-state index in [4.69, 9.17) is 16.7 Å². The predicted molar refractivity (Wildman–Crippen MR) is 79.8 cm³/mol.